The van der Waals surface area contributed by atoms with Crippen molar-refractivity contribution in [3.05, 3.63) is 58.8 Å². The van der Waals surface area contributed by atoms with Gasteiger partial charge >= 0.3 is 0 Å². The van der Waals surface area contributed by atoms with E-state index in [4.69, 9.17) is 16.0 Å². The summed E-state index contributed by atoms with van der Waals surface area (Å²) in [5, 5.41) is 3.43. The quantitative estimate of drug-likeness (QED) is 0.888. The summed E-state index contributed by atoms with van der Waals surface area (Å²) in [5.74, 6) is -0.326. The molecule has 0 aliphatic rings. The van der Waals surface area contributed by atoms with Crippen molar-refractivity contribution in [3.8, 4) is 0 Å². The molecule has 0 radical (unpaired) electrons. The third-order valence-electron chi connectivity index (χ3n) is 2.44. The molecule has 2 rings (SSSR count). The number of furan rings is 1. The molecule has 0 fully saturated rings. The molecule has 2 aromatic rings. The standard InChI is InChI=1S/C12H11ClFNO/c1-15-12(8-4-5-16-7-8)10-3-2-9(13)6-11(10)14/h2-7,12,15H,1H3. The summed E-state index contributed by atoms with van der Waals surface area (Å²) in [4.78, 5) is 0. The Morgan fingerprint density at radius 2 is 2.19 bits per heavy atom. The lowest BCUT2D eigenvalue weighted by atomic mass is 10.0. The minimum atomic E-state index is -0.326. The average Bonchev–Trinajstić information content (AvgIpc) is 2.75. The number of hydrogen-bond acceptors (Lipinski definition) is 2. The second kappa shape index (κ2) is 4.68. The van der Waals surface area contributed by atoms with Gasteiger partial charge in [0.25, 0.3) is 0 Å². The lowest BCUT2D eigenvalue weighted by Crippen LogP contribution is -2.18. The third kappa shape index (κ3) is 2.10. The first-order valence-electron chi connectivity index (χ1n) is 4.86. The van der Waals surface area contributed by atoms with Crippen molar-refractivity contribution in [3.63, 3.8) is 0 Å². The number of hydrogen-bond donors (Lipinski definition) is 1. The average molecular weight is 240 g/mol. The van der Waals surface area contributed by atoms with Gasteiger partial charge in [0.15, 0.2) is 0 Å². The number of rotatable bonds is 3. The van der Waals surface area contributed by atoms with E-state index in [0.29, 0.717) is 10.6 Å². The van der Waals surface area contributed by atoms with E-state index in [2.05, 4.69) is 5.32 Å². The molecular formula is C12H11ClFNO. The van der Waals surface area contributed by atoms with E-state index in [1.807, 2.05) is 0 Å². The van der Waals surface area contributed by atoms with Gasteiger partial charge in [-0.3, -0.25) is 0 Å². The van der Waals surface area contributed by atoms with Crippen LogP contribution in [0.4, 0.5) is 4.39 Å². The molecule has 16 heavy (non-hydrogen) atoms. The molecule has 0 aliphatic heterocycles. The smallest absolute Gasteiger partial charge is 0.129 e. The number of benzene rings is 1. The minimum Gasteiger partial charge on any atom is -0.472 e. The van der Waals surface area contributed by atoms with E-state index in [9.17, 15) is 4.39 Å². The fourth-order valence-electron chi connectivity index (χ4n) is 1.68. The third-order valence-corrected chi connectivity index (χ3v) is 2.67. The van der Waals surface area contributed by atoms with Crippen molar-refractivity contribution in [2.24, 2.45) is 0 Å². The van der Waals surface area contributed by atoms with Gasteiger partial charge in [0, 0.05) is 16.1 Å². The van der Waals surface area contributed by atoms with Gasteiger partial charge in [-0.15, -0.1) is 0 Å². The second-order valence-corrected chi connectivity index (χ2v) is 3.88. The largest absolute Gasteiger partial charge is 0.472 e. The van der Waals surface area contributed by atoms with Crippen LogP contribution in [0.2, 0.25) is 5.02 Å². The van der Waals surface area contributed by atoms with Crippen molar-refractivity contribution >= 4 is 11.6 Å². The molecule has 84 valence electrons. The van der Waals surface area contributed by atoms with Gasteiger partial charge in [-0.1, -0.05) is 17.7 Å². The predicted molar refractivity (Wildman–Crippen MR) is 61.0 cm³/mol. The predicted octanol–water partition coefficient (Wildman–Crippen LogP) is 3.38. The highest BCUT2D eigenvalue weighted by molar-refractivity contribution is 6.30. The van der Waals surface area contributed by atoms with Gasteiger partial charge in [0.1, 0.15) is 5.82 Å². The summed E-state index contributed by atoms with van der Waals surface area (Å²) < 4.78 is 18.7. The molecule has 1 heterocycles. The molecule has 0 aliphatic carbocycles. The Morgan fingerprint density at radius 3 is 2.75 bits per heavy atom. The molecule has 0 amide bonds. The van der Waals surface area contributed by atoms with Gasteiger partial charge in [0.2, 0.25) is 0 Å². The Bertz CT molecular complexity index is 470. The van der Waals surface area contributed by atoms with Crippen LogP contribution in [0.5, 0.6) is 0 Å². The zero-order chi connectivity index (χ0) is 11.5. The molecule has 2 nitrogen and oxygen atoms in total. The zero-order valence-electron chi connectivity index (χ0n) is 8.71. The Morgan fingerprint density at radius 1 is 1.38 bits per heavy atom. The second-order valence-electron chi connectivity index (χ2n) is 3.44. The van der Waals surface area contributed by atoms with Crippen LogP contribution in [0.25, 0.3) is 0 Å². The fraction of sp³-hybridized carbons (Fsp3) is 0.167. The van der Waals surface area contributed by atoms with Crippen LogP contribution in [-0.4, -0.2) is 7.05 Å². The molecule has 1 unspecified atom stereocenters. The maximum Gasteiger partial charge on any atom is 0.129 e. The Hall–Kier alpha value is -1.32. The minimum absolute atomic E-state index is 0.226. The van der Waals surface area contributed by atoms with Crippen LogP contribution in [0.1, 0.15) is 17.2 Å². The van der Waals surface area contributed by atoms with Gasteiger partial charge in [-0.2, -0.15) is 0 Å². The van der Waals surface area contributed by atoms with Gasteiger partial charge < -0.3 is 9.73 Å². The fourth-order valence-corrected chi connectivity index (χ4v) is 1.84. The SMILES string of the molecule is CNC(c1ccoc1)c1ccc(Cl)cc1F. The molecule has 0 bridgehead atoms. The first kappa shape index (κ1) is 11.2. The topological polar surface area (TPSA) is 25.2 Å². The highest BCUT2D eigenvalue weighted by atomic mass is 35.5. The van der Waals surface area contributed by atoms with Gasteiger partial charge in [-0.05, 0) is 25.2 Å². The summed E-state index contributed by atoms with van der Waals surface area (Å²) >= 11 is 5.71. The molecule has 1 aromatic heterocycles. The Balaban J connectivity index is 2.41. The lowest BCUT2D eigenvalue weighted by molar-refractivity contribution is 0.548. The van der Waals surface area contributed by atoms with Crippen molar-refractivity contribution in [2.45, 2.75) is 6.04 Å². The first-order valence-corrected chi connectivity index (χ1v) is 5.24. The van der Waals surface area contributed by atoms with Crippen molar-refractivity contribution < 1.29 is 8.81 Å². The lowest BCUT2D eigenvalue weighted by Gasteiger charge is -2.15. The van der Waals surface area contributed by atoms with Gasteiger partial charge in [0.05, 0.1) is 18.6 Å². The van der Waals surface area contributed by atoms with Crippen molar-refractivity contribution in [1.82, 2.24) is 5.32 Å². The summed E-state index contributed by atoms with van der Waals surface area (Å²) in [7, 11) is 1.77. The van der Waals surface area contributed by atoms with Gasteiger partial charge in [-0.25, -0.2) is 4.39 Å². The Labute approximate surface area is 98.0 Å². The Kier molecular flexibility index (Phi) is 3.27. The van der Waals surface area contributed by atoms with Crippen LogP contribution in [0, 0.1) is 5.82 Å². The summed E-state index contributed by atoms with van der Waals surface area (Å²) in [6, 6.07) is 6.23. The highest BCUT2D eigenvalue weighted by Gasteiger charge is 2.17. The van der Waals surface area contributed by atoms with Crippen LogP contribution in [0.3, 0.4) is 0 Å². The normalized spacial score (nSPS) is 12.7. The van der Waals surface area contributed by atoms with Crippen LogP contribution in [0.15, 0.2) is 41.2 Å². The molecule has 1 N–H and O–H groups in total. The van der Waals surface area contributed by atoms with E-state index in [-0.39, 0.29) is 11.9 Å². The first-order chi connectivity index (χ1) is 7.72. The summed E-state index contributed by atoms with van der Waals surface area (Å²) in [5.41, 5.74) is 1.43. The van der Waals surface area contributed by atoms with E-state index in [1.54, 1.807) is 37.8 Å². The van der Waals surface area contributed by atoms with Crippen molar-refractivity contribution in [2.75, 3.05) is 7.05 Å². The van der Waals surface area contributed by atoms with Crippen molar-refractivity contribution in [1.29, 1.82) is 0 Å². The maximum absolute atomic E-state index is 13.7. The summed E-state index contributed by atoms with van der Waals surface area (Å²) in [6.45, 7) is 0. The number of halogens is 2. The van der Waals surface area contributed by atoms with E-state index < -0.39 is 0 Å². The zero-order valence-corrected chi connectivity index (χ0v) is 9.46. The molecule has 0 saturated carbocycles. The molecule has 0 spiro atoms. The van der Waals surface area contributed by atoms with E-state index in [0.717, 1.165) is 5.56 Å². The van der Waals surface area contributed by atoms with E-state index >= 15 is 0 Å². The van der Waals surface area contributed by atoms with Crippen LogP contribution in [-0.2, 0) is 0 Å². The van der Waals surface area contributed by atoms with E-state index in [1.165, 1.54) is 6.07 Å². The number of nitrogens with one attached hydrogen (secondary N) is 1. The molecular weight excluding hydrogens is 229 g/mol. The molecule has 0 saturated heterocycles. The molecule has 1 atom stereocenters. The molecule has 4 heteroatoms. The highest BCUT2D eigenvalue weighted by Crippen LogP contribution is 2.26. The maximum atomic E-state index is 13.7. The summed E-state index contributed by atoms with van der Waals surface area (Å²) in [6.07, 6.45) is 3.16. The van der Waals surface area contributed by atoms with Crippen LogP contribution >= 0.6 is 11.6 Å². The monoisotopic (exact) mass is 239 g/mol. The molecule has 1 aromatic carbocycles. The van der Waals surface area contributed by atoms with Crippen LogP contribution < -0.4 is 5.32 Å².